The maximum atomic E-state index is 10.2. The molecule has 94 valence electrons. The number of hydrogen-bond acceptors (Lipinski definition) is 3. The van der Waals surface area contributed by atoms with E-state index in [0.29, 0.717) is 17.5 Å². The Morgan fingerprint density at radius 3 is 2.81 bits per heavy atom. The highest BCUT2D eigenvalue weighted by Crippen LogP contribution is 2.38. The van der Waals surface area contributed by atoms with Gasteiger partial charge in [0.2, 0.25) is 0 Å². The van der Waals surface area contributed by atoms with Crippen LogP contribution >= 0.6 is 0 Å². The molecule has 16 heavy (non-hydrogen) atoms. The van der Waals surface area contributed by atoms with Crippen LogP contribution in [0.3, 0.4) is 0 Å². The first-order valence-electron chi connectivity index (χ1n) is 6.51. The Morgan fingerprint density at radius 1 is 1.38 bits per heavy atom. The van der Waals surface area contributed by atoms with Gasteiger partial charge in [-0.25, -0.2) is 0 Å². The monoisotopic (exact) mass is 227 g/mol. The van der Waals surface area contributed by atoms with Crippen LogP contribution in [0.25, 0.3) is 0 Å². The van der Waals surface area contributed by atoms with Gasteiger partial charge in [-0.1, -0.05) is 13.8 Å². The van der Waals surface area contributed by atoms with Crippen molar-refractivity contribution in [3.8, 4) is 0 Å². The first-order chi connectivity index (χ1) is 7.49. The maximum Gasteiger partial charge on any atom is 0.0695 e. The van der Waals surface area contributed by atoms with Crippen LogP contribution in [0, 0.1) is 5.41 Å². The summed E-state index contributed by atoms with van der Waals surface area (Å²) in [6.45, 7) is 9.43. The minimum atomic E-state index is -0.145. The zero-order valence-electron chi connectivity index (χ0n) is 10.8. The molecule has 1 saturated heterocycles. The van der Waals surface area contributed by atoms with Gasteiger partial charge >= 0.3 is 0 Å². The van der Waals surface area contributed by atoms with E-state index >= 15 is 0 Å². The normalized spacial score (nSPS) is 40.9. The average molecular weight is 227 g/mol. The molecule has 0 aromatic carbocycles. The Bertz CT molecular complexity index is 242. The molecule has 0 bridgehead atoms. The summed E-state index contributed by atoms with van der Waals surface area (Å²) in [5, 5.41) is 10.2. The SMILES string of the molecule is CC1COCCN1C1CC(C)(C)CCC1O. The van der Waals surface area contributed by atoms with Gasteiger partial charge in [0, 0.05) is 18.6 Å². The topological polar surface area (TPSA) is 32.7 Å². The summed E-state index contributed by atoms with van der Waals surface area (Å²) < 4.78 is 5.47. The largest absolute Gasteiger partial charge is 0.391 e. The number of hydrogen-bond donors (Lipinski definition) is 1. The van der Waals surface area contributed by atoms with Crippen molar-refractivity contribution in [1.29, 1.82) is 0 Å². The van der Waals surface area contributed by atoms with Gasteiger partial charge in [-0.2, -0.15) is 0 Å². The summed E-state index contributed by atoms with van der Waals surface area (Å²) in [6, 6.07) is 0.782. The lowest BCUT2D eigenvalue weighted by atomic mass is 9.73. The number of aliphatic hydroxyl groups is 1. The molecule has 3 atom stereocenters. The molecule has 0 amide bonds. The summed E-state index contributed by atoms with van der Waals surface area (Å²) in [7, 11) is 0. The molecule has 0 aromatic rings. The van der Waals surface area contributed by atoms with Crippen molar-refractivity contribution >= 4 is 0 Å². The van der Waals surface area contributed by atoms with E-state index in [0.717, 1.165) is 39.0 Å². The average Bonchev–Trinajstić information content (AvgIpc) is 2.23. The van der Waals surface area contributed by atoms with E-state index in [1.807, 2.05) is 0 Å². The third-order valence-electron chi connectivity index (χ3n) is 4.17. The van der Waals surface area contributed by atoms with Crippen molar-refractivity contribution in [3.05, 3.63) is 0 Å². The van der Waals surface area contributed by atoms with Crippen LogP contribution in [0.2, 0.25) is 0 Å². The van der Waals surface area contributed by atoms with Crippen LogP contribution in [-0.2, 0) is 4.74 Å². The summed E-state index contributed by atoms with van der Waals surface area (Å²) in [5.74, 6) is 0. The first-order valence-corrected chi connectivity index (χ1v) is 6.51. The summed E-state index contributed by atoms with van der Waals surface area (Å²) in [5.41, 5.74) is 0.377. The number of morpholine rings is 1. The van der Waals surface area contributed by atoms with Crippen LogP contribution in [0.1, 0.15) is 40.0 Å². The minimum Gasteiger partial charge on any atom is -0.391 e. The molecule has 0 radical (unpaired) electrons. The number of rotatable bonds is 1. The van der Waals surface area contributed by atoms with Gasteiger partial charge in [0.25, 0.3) is 0 Å². The molecule has 1 heterocycles. The highest BCUT2D eigenvalue weighted by molar-refractivity contribution is 4.93. The molecular formula is C13H25NO2. The van der Waals surface area contributed by atoms with E-state index in [9.17, 15) is 5.11 Å². The van der Waals surface area contributed by atoms with E-state index in [1.54, 1.807) is 0 Å². The van der Waals surface area contributed by atoms with Crippen molar-refractivity contribution in [1.82, 2.24) is 4.90 Å². The highest BCUT2D eigenvalue weighted by atomic mass is 16.5. The zero-order valence-corrected chi connectivity index (χ0v) is 10.8. The molecule has 2 fully saturated rings. The molecule has 3 nitrogen and oxygen atoms in total. The molecule has 2 rings (SSSR count). The molecule has 0 spiro atoms. The lowest BCUT2D eigenvalue weighted by molar-refractivity contribution is -0.0816. The number of ether oxygens (including phenoxy) is 1. The highest BCUT2D eigenvalue weighted by Gasteiger charge is 2.39. The number of aliphatic hydroxyl groups excluding tert-OH is 1. The maximum absolute atomic E-state index is 10.2. The number of nitrogens with zero attached hydrogens (tertiary/aromatic N) is 1. The Labute approximate surface area is 98.8 Å². The third kappa shape index (κ3) is 2.58. The van der Waals surface area contributed by atoms with Crippen LogP contribution < -0.4 is 0 Å². The van der Waals surface area contributed by atoms with Crippen LogP contribution in [0.5, 0.6) is 0 Å². The molecule has 1 N–H and O–H groups in total. The summed E-state index contributed by atoms with van der Waals surface area (Å²) >= 11 is 0. The molecule has 3 heteroatoms. The van der Waals surface area contributed by atoms with Gasteiger partial charge in [-0.3, -0.25) is 4.90 Å². The lowest BCUT2D eigenvalue weighted by Crippen LogP contribution is -2.56. The van der Waals surface area contributed by atoms with Crippen LogP contribution in [0.4, 0.5) is 0 Å². The lowest BCUT2D eigenvalue weighted by Gasteiger charge is -2.47. The first kappa shape index (κ1) is 12.3. The summed E-state index contributed by atoms with van der Waals surface area (Å²) in [6.07, 6.45) is 3.05. The van der Waals surface area contributed by atoms with Crippen LogP contribution in [-0.4, -0.2) is 48.0 Å². The van der Waals surface area contributed by atoms with Gasteiger partial charge in [0.15, 0.2) is 0 Å². The van der Waals surface area contributed by atoms with Crippen molar-refractivity contribution in [2.45, 2.75) is 58.2 Å². The van der Waals surface area contributed by atoms with Crippen molar-refractivity contribution in [3.63, 3.8) is 0 Å². The molecular weight excluding hydrogens is 202 g/mol. The Balaban J connectivity index is 2.05. The predicted octanol–water partition coefficient (Wildman–Crippen LogP) is 1.65. The van der Waals surface area contributed by atoms with Crippen LogP contribution in [0.15, 0.2) is 0 Å². The molecule has 1 aliphatic carbocycles. The van der Waals surface area contributed by atoms with Crippen molar-refractivity contribution in [2.75, 3.05) is 19.8 Å². The molecule has 0 aromatic heterocycles. The van der Waals surface area contributed by atoms with E-state index in [1.165, 1.54) is 0 Å². The molecule has 1 aliphatic heterocycles. The van der Waals surface area contributed by atoms with Crippen molar-refractivity contribution in [2.24, 2.45) is 5.41 Å². The fourth-order valence-corrected chi connectivity index (χ4v) is 3.11. The quantitative estimate of drug-likeness (QED) is 0.739. The summed E-state index contributed by atoms with van der Waals surface area (Å²) in [4.78, 5) is 2.45. The Morgan fingerprint density at radius 2 is 2.12 bits per heavy atom. The van der Waals surface area contributed by atoms with Gasteiger partial charge < -0.3 is 9.84 Å². The van der Waals surface area contributed by atoms with E-state index < -0.39 is 0 Å². The molecule has 1 saturated carbocycles. The van der Waals surface area contributed by atoms with E-state index in [-0.39, 0.29) is 6.10 Å². The van der Waals surface area contributed by atoms with E-state index in [4.69, 9.17) is 4.74 Å². The smallest absolute Gasteiger partial charge is 0.0695 e. The fraction of sp³-hybridized carbons (Fsp3) is 1.00. The second-order valence-corrected chi connectivity index (χ2v) is 6.20. The van der Waals surface area contributed by atoms with Gasteiger partial charge in [-0.05, 0) is 31.6 Å². The standard InChI is InChI=1S/C13H25NO2/c1-10-9-16-7-6-14(10)11-8-13(2,3)5-4-12(11)15/h10-12,15H,4-9H2,1-3H3. The van der Waals surface area contributed by atoms with Crippen molar-refractivity contribution < 1.29 is 9.84 Å². The van der Waals surface area contributed by atoms with Gasteiger partial charge in [0.1, 0.15) is 0 Å². The second kappa shape index (κ2) is 4.63. The fourth-order valence-electron chi connectivity index (χ4n) is 3.11. The predicted molar refractivity (Wildman–Crippen MR) is 64.4 cm³/mol. The molecule has 2 aliphatic rings. The third-order valence-corrected chi connectivity index (χ3v) is 4.17. The zero-order chi connectivity index (χ0) is 11.8. The minimum absolute atomic E-state index is 0.145. The Hall–Kier alpha value is -0.120. The van der Waals surface area contributed by atoms with Gasteiger partial charge in [0.05, 0.1) is 19.3 Å². The Kier molecular flexibility index (Phi) is 3.57. The van der Waals surface area contributed by atoms with Gasteiger partial charge in [-0.15, -0.1) is 0 Å². The second-order valence-electron chi connectivity index (χ2n) is 6.20. The molecule has 3 unspecified atom stereocenters. The van der Waals surface area contributed by atoms with E-state index in [2.05, 4.69) is 25.7 Å².